The number of halogens is 2. The molecule has 1 fully saturated rings. The van der Waals surface area contributed by atoms with Crippen LogP contribution in [0.25, 0.3) is 0 Å². The highest BCUT2D eigenvalue weighted by molar-refractivity contribution is 5.78. The number of carbonyl (C=O) groups excluding carboxylic acids is 1. The molecule has 0 saturated heterocycles. The van der Waals surface area contributed by atoms with Crippen LogP contribution in [0.5, 0.6) is 5.75 Å². The number of hydrogen-bond donors (Lipinski definition) is 2. The average Bonchev–Trinajstić information content (AvgIpc) is 2.63. The minimum atomic E-state index is -0.655. The van der Waals surface area contributed by atoms with Crippen LogP contribution in [0.4, 0.5) is 8.78 Å². The Morgan fingerprint density at radius 1 is 1.00 bits per heavy atom. The van der Waals surface area contributed by atoms with Crippen LogP contribution >= 0.6 is 0 Å². The maximum Gasteiger partial charge on any atom is 0.224 e. The quantitative estimate of drug-likeness (QED) is 0.812. The van der Waals surface area contributed by atoms with Gasteiger partial charge in [0.1, 0.15) is 17.4 Å². The molecule has 0 spiro atoms. The molecule has 144 valence electrons. The van der Waals surface area contributed by atoms with E-state index in [0.29, 0.717) is 19.3 Å². The largest absolute Gasteiger partial charge is 0.490 e. The standard InChI is InChI=1S/C21H23F2NO3/c22-16-10-17(23)12-20(11-16)27-19-7-5-18(6-8-19)24-21(26)9-14-1-3-15(13-25)4-2-14/h1-4,10-12,18-19,25H,5-9,13H2,(H,24,26). The lowest BCUT2D eigenvalue weighted by molar-refractivity contribution is -0.121. The Morgan fingerprint density at radius 2 is 1.59 bits per heavy atom. The predicted molar refractivity (Wildman–Crippen MR) is 97.2 cm³/mol. The zero-order valence-corrected chi connectivity index (χ0v) is 15.0. The second-order valence-corrected chi connectivity index (χ2v) is 6.92. The van der Waals surface area contributed by atoms with Crippen molar-refractivity contribution in [2.75, 3.05) is 0 Å². The van der Waals surface area contributed by atoms with Gasteiger partial charge in [0.15, 0.2) is 0 Å². The molecule has 1 aliphatic rings. The maximum atomic E-state index is 13.2. The summed E-state index contributed by atoms with van der Waals surface area (Å²) in [6.07, 6.45) is 3.15. The second kappa shape index (κ2) is 8.95. The Balaban J connectivity index is 1.43. The Labute approximate surface area is 157 Å². The highest BCUT2D eigenvalue weighted by Gasteiger charge is 2.24. The number of aliphatic hydroxyl groups excluding tert-OH is 1. The number of amides is 1. The van der Waals surface area contributed by atoms with Crippen molar-refractivity contribution in [2.45, 2.75) is 50.9 Å². The molecule has 0 atom stereocenters. The smallest absolute Gasteiger partial charge is 0.224 e. The number of nitrogens with one attached hydrogen (secondary N) is 1. The van der Waals surface area contributed by atoms with E-state index in [1.807, 2.05) is 12.1 Å². The third-order valence-electron chi connectivity index (χ3n) is 4.75. The molecule has 6 heteroatoms. The molecular weight excluding hydrogens is 352 g/mol. The van der Waals surface area contributed by atoms with Gasteiger partial charge in [0.05, 0.1) is 19.1 Å². The molecule has 1 amide bonds. The lowest BCUT2D eigenvalue weighted by atomic mass is 9.92. The normalized spacial score (nSPS) is 19.5. The summed E-state index contributed by atoms with van der Waals surface area (Å²) < 4.78 is 32.1. The molecule has 0 aromatic heterocycles. The van der Waals surface area contributed by atoms with E-state index in [1.165, 1.54) is 12.1 Å². The number of ether oxygens (including phenoxy) is 1. The summed E-state index contributed by atoms with van der Waals surface area (Å²) in [5, 5.41) is 12.1. The lowest BCUT2D eigenvalue weighted by Gasteiger charge is -2.29. The van der Waals surface area contributed by atoms with Crippen molar-refractivity contribution in [1.82, 2.24) is 5.32 Å². The van der Waals surface area contributed by atoms with Crippen molar-refractivity contribution in [3.8, 4) is 5.75 Å². The zero-order chi connectivity index (χ0) is 19.2. The van der Waals surface area contributed by atoms with Gasteiger partial charge < -0.3 is 15.2 Å². The number of benzene rings is 2. The van der Waals surface area contributed by atoms with Gasteiger partial charge in [0, 0.05) is 24.2 Å². The van der Waals surface area contributed by atoms with E-state index in [-0.39, 0.29) is 30.4 Å². The van der Waals surface area contributed by atoms with Gasteiger partial charge in [0.25, 0.3) is 0 Å². The van der Waals surface area contributed by atoms with E-state index in [1.54, 1.807) is 12.1 Å². The van der Waals surface area contributed by atoms with E-state index >= 15 is 0 Å². The number of carbonyl (C=O) groups is 1. The van der Waals surface area contributed by atoms with E-state index in [4.69, 9.17) is 9.84 Å². The lowest BCUT2D eigenvalue weighted by Crippen LogP contribution is -2.40. The molecule has 27 heavy (non-hydrogen) atoms. The van der Waals surface area contributed by atoms with Crippen molar-refractivity contribution >= 4 is 5.91 Å². The Morgan fingerprint density at radius 3 is 2.19 bits per heavy atom. The van der Waals surface area contributed by atoms with E-state index < -0.39 is 11.6 Å². The molecule has 2 N–H and O–H groups in total. The SMILES string of the molecule is O=C(Cc1ccc(CO)cc1)NC1CCC(Oc2cc(F)cc(F)c2)CC1. The molecule has 2 aromatic rings. The average molecular weight is 375 g/mol. The molecule has 1 saturated carbocycles. The monoisotopic (exact) mass is 375 g/mol. The molecule has 0 unspecified atom stereocenters. The highest BCUT2D eigenvalue weighted by atomic mass is 19.1. The fourth-order valence-electron chi connectivity index (χ4n) is 3.34. The third kappa shape index (κ3) is 5.76. The van der Waals surface area contributed by atoms with Gasteiger partial charge in [-0.2, -0.15) is 0 Å². The van der Waals surface area contributed by atoms with Crippen LogP contribution in [0.2, 0.25) is 0 Å². The molecule has 0 heterocycles. The van der Waals surface area contributed by atoms with Gasteiger partial charge in [-0.1, -0.05) is 24.3 Å². The Hall–Kier alpha value is -2.47. The van der Waals surface area contributed by atoms with Gasteiger partial charge in [-0.15, -0.1) is 0 Å². The van der Waals surface area contributed by atoms with E-state index in [2.05, 4.69) is 5.32 Å². The first-order valence-electron chi connectivity index (χ1n) is 9.12. The van der Waals surface area contributed by atoms with Crippen LogP contribution in [-0.4, -0.2) is 23.2 Å². The number of hydrogen-bond acceptors (Lipinski definition) is 3. The summed E-state index contributed by atoms with van der Waals surface area (Å²) in [6.45, 7) is -0.0138. The topological polar surface area (TPSA) is 58.6 Å². The molecule has 4 nitrogen and oxygen atoms in total. The van der Waals surface area contributed by atoms with Crippen LogP contribution in [0.15, 0.2) is 42.5 Å². The molecule has 1 aliphatic carbocycles. The maximum absolute atomic E-state index is 13.2. The summed E-state index contributed by atoms with van der Waals surface area (Å²) in [7, 11) is 0. The summed E-state index contributed by atoms with van der Waals surface area (Å²) in [5.74, 6) is -1.15. The van der Waals surface area contributed by atoms with Crippen molar-refractivity contribution in [1.29, 1.82) is 0 Å². The minimum absolute atomic E-state index is 0.0138. The fourth-order valence-corrected chi connectivity index (χ4v) is 3.34. The van der Waals surface area contributed by atoms with E-state index in [0.717, 1.165) is 30.0 Å². The van der Waals surface area contributed by atoms with Crippen LogP contribution < -0.4 is 10.1 Å². The zero-order valence-electron chi connectivity index (χ0n) is 15.0. The molecule has 3 rings (SSSR count). The summed E-state index contributed by atoms with van der Waals surface area (Å²) >= 11 is 0. The highest BCUT2D eigenvalue weighted by Crippen LogP contribution is 2.25. The van der Waals surface area contributed by atoms with Crippen LogP contribution in [0, 0.1) is 11.6 Å². The molecule has 0 bridgehead atoms. The molecule has 0 radical (unpaired) electrons. The fraction of sp³-hybridized carbons (Fsp3) is 0.381. The molecular formula is C21H23F2NO3. The summed E-state index contributed by atoms with van der Waals surface area (Å²) in [6, 6.07) is 10.6. The number of aliphatic hydroxyl groups is 1. The first-order chi connectivity index (χ1) is 13.0. The van der Waals surface area contributed by atoms with Crippen LogP contribution in [-0.2, 0) is 17.8 Å². The predicted octanol–water partition coefficient (Wildman–Crippen LogP) is 3.51. The molecule has 2 aromatic carbocycles. The van der Waals surface area contributed by atoms with E-state index in [9.17, 15) is 13.6 Å². The van der Waals surface area contributed by atoms with Crippen LogP contribution in [0.3, 0.4) is 0 Å². The van der Waals surface area contributed by atoms with Gasteiger partial charge in [0.2, 0.25) is 5.91 Å². The van der Waals surface area contributed by atoms with Crippen molar-refractivity contribution in [2.24, 2.45) is 0 Å². The first kappa shape index (κ1) is 19.3. The van der Waals surface area contributed by atoms with Crippen molar-refractivity contribution in [3.63, 3.8) is 0 Å². The van der Waals surface area contributed by atoms with Crippen LogP contribution in [0.1, 0.15) is 36.8 Å². The van der Waals surface area contributed by atoms with Gasteiger partial charge in [-0.3, -0.25) is 4.79 Å². The summed E-state index contributed by atoms with van der Waals surface area (Å²) in [5.41, 5.74) is 1.71. The third-order valence-corrected chi connectivity index (χ3v) is 4.75. The first-order valence-corrected chi connectivity index (χ1v) is 9.12. The Kier molecular flexibility index (Phi) is 6.40. The minimum Gasteiger partial charge on any atom is -0.490 e. The van der Waals surface area contributed by atoms with Crippen molar-refractivity contribution < 1.29 is 23.4 Å². The second-order valence-electron chi connectivity index (χ2n) is 6.92. The van der Waals surface area contributed by atoms with Gasteiger partial charge >= 0.3 is 0 Å². The van der Waals surface area contributed by atoms with Gasteiger partial charge in [-0.05, 0) is 36.8 Å². The molecule has 0 aliphatic heterocycles. The van der Waals surface area contributed by atoms with Crippen molar-refractivity contribution in [3.05, 3.63) is 65.2 Å². The van der Waals surface area contributed by atoms with Gasteiger partial charge in [-0.25, -0.2) is 8.78 Å². The number of rotatable bonds is 6. The summed E-state index contributed by atoms with van der Waals surface area (Å²) in [4.78, 5) is 12.2. The Bertz CT molecular complexity index is 751.